The van der Waals surface area contributed by atoms with E-state index in [0.717, 1.165) is 5.56 Å². The minimum atomic E-state index is -2.96. The molecule has 0 fully saturated rings. The average Bonchev–Trinajstić information content (AvgIpc) is 3.03. The number of rotatable bonds is 7. The van der Waals surface area contributed by atoms with Crippen LogP contribution in [0.25, 0.3) is 0 Å². The number of carbonyl (C=O) groups excluding carboxylic acids is 1. The summed E-state index contributed by atoms with van der Waals surface area (Å²) in [6, 6.07) is 11.6. The van der Waals surface area contributed by atoms with Gasteiger partial charge in [0.2, 0.25) is 12.7 Å². The van der Waals surface area contributed by atoms with E-state index in [0.29, 0.717) is 18.0 Å². The second kappa shape index (κ2) is 8.01. The molecule has 0 saturated heterocycles. The molecule has 2 aromatic carbocycles. The van der Waals surface area contributed by atoms with Crippen molar-refractivity contribution in [1.29, 1.82) is 0 Å². The lowest BCUT2D eigenvalue weighted by Gasteiger charge is -2.17. The number of ether oxygens (including phenoxy) is 3. The van der Waals surface area contributed by atoms with Gasteiger partial charge in [0.05, 0.1) is 12.2 Å². The maximum Gasteiger partial charge on any atom is 0.387 e. The van der Waals surface area contributed by atoms with Crippen molar-refractivity contribution in [2.24, 2.45) is 0 Å². The standard InChI is InChI=1S/C18H18F2N2O4/c1-22(9-12-6-7-15-16(8-12)25-11-24-15)10-17(23)21-13-4-2-3-5-14(13)26-18(19)20/h2-8,18H,9-11H2,1H3,(H,21,23). The van der Waals surface area contributed by atoms with Crippen LogP contribution in [0.3, 0.4) is 0 Å². The van der Waals surface area contributed by atoms with Gasteiger partial charge >= 0.3 is 6.61 Å². The molecule has 1 N–H and O–H groups in total. The van der Waals surface area contributed by atoms with E-state index < -0.39 is 6.61 Å². The van der Waals surface area contributed by atoms with E-state index in [9.17, 15) is 13.6 Å². The second-order valence-electron chi connectivity index (χ2n) is 5.78. The third-order valence-electron chi connectivity index (χ3n) is 3.68. The summed E-state index contributed by atoms with van der Waals surface area (Å²) >= 11 is 0. The van der Waals surface area contributed by atoms with Gasteiger partial charge in [-0.3, -0.25) is 9.69 Å². The van der Waals surface area contributed by atoms with E-state index in [1.54, 1.807) is 24.1 Å². The zero-order valence-corrected chi connectivity index (χ0v) is 14.1. The molecule has 138 valence electrons. The Kier molecular flexibility index (Phi) is 5.52. The number of halogens is 2. The molecule has 0 spiro atoms. The van der Waals surface area contributed by atoms with Crippen LogP contribution in [0.4, 0.5) is 14.5 Å². The largest absolute Gasteiger partial charge is 0.454 e. The molecule has 0 aromatic heterocycles. The summed E-state index contributed by atoms with van der Waals surface area (Å²) in [6.45, 7) is -2.16. The molecular formula is C18H18F2N2O4. The normalized spacial score (nSPS) is 12.5. The van der Waals surface area contributed by atoms with Crippen molar-refractivity contribution in [3.8, 4) is 17.2 Å². The smallest absolute Gasteiger partial charge is 0.387 e. The van der Waals surface area contributed by atoms with Crippen LogP contribution in [0.5, 0.6) is 17.2 Å². The number of amides is 1. The lowest BCUT2D eigenvalue weighted by atomic mass is 10.2. The molecule has 0 radical (unpaired) electrons. The molecule has 3 rings (SSSR count). The number of nitrogens with one attached hydrogen (secondary N) is 1. The summed E-state index contributed by atoms with van der Waals surface area (Å²) in [5, 5.41) is 2.59. The number of benzene rings is 2. The summed E-state index contributed by atoms with van der Waals surface area (Å²) in [7, 11) is 1.78. The van der Waals surface area contributed by atoms with E-state index in [2.05, 4.69) is 10.1 Å². The predicted molar refractivity (Wildman–Crippen MR) is 90.6 cm³/mol. The first-order chi connectivity index (χ1) is 12.5. The molecule has 0 aliphatic carbocycles. The van der Waals surface area contributed by atoms with Gasteiger partial charge in [-0.1, -0.05) is 18.2 Å². The summed E-state index contributed by atoms with van der Waals surface area (Å²) in [4.78, 5) is 14.0. The average molecular weight is 364 g/mol. The quantitative estimate of drug-likeness (QED) is 0.818. The molecule has 0 unspecified atom stereocenters. The molecule has 1 heterocycles. The van der Waals surface area contributed by atoms with Crippen LogP contribution < -0.4 is 19.5 Å². The molecule has 1 aliphatic rings. The highest BCUT2D eigenvalue weighted by molar-refractivity contribution is 5.93. The fourth-order valence-electron chi connectivity index (χ4n) is 2.61. The van der Waals surface area contributed by atoms with Gasteiger partial charge in [-0.25, -0.2) is 0 Å². The summed E-state index contributed by atoms with van der Waals surface area (Å²) in [5.74, 6) is 0.969. The maximum atomic E-state index is 12.4. The van der Waals surface area contributed by atoms with Crippen LogP contribution in [0.2, 0.25) is 0 Å². The molecule has 6 nitrogen and oxygen atoms in total. The van der Waals surface area contributed by atoms with Crippen molar-refractivity contribution >= 4 is 11.6 Å². The Morgan fingerprint density at radius 2 is 2.00 bits per heavy atom. The zero-order chi connectivity index (χ0) is 18.5. The first-order valence-corrected chi connectivity index (χ1v) is 7.92. The Morgan fingerprint density at radius 1 is 1.23 bits per heavy atom. The van der Waals surface area contributed by atoms with Gasteiger partial charge in [0, 0.05) is 6.54 Å². The molecule has 0 atom stereocenters. The number of anilines is 1. The highest BCUT2D eigenvalue weighted by Crippen LogP contribution is 2.32. The Balaban J connectivity index is 1.56. The number of fused-ring (bicyclic) bond motifs is 1. The van der Waals surface area contributed by atoms with Gasteiger partial charge in [0.25, 0.3) is 0 Å². The Labute approximate surface area is 149 Å². The molecule has 1 amide bonds. The molecule has 26 heavy (non-hydrogen) atoms. The van der Waals surface area contributed by atoms with Gasteiger partial charge in [0.15, 0.2) is 11.5 Å². The van der Waals surface area contributed by atoms with Crippen molar-refractivity contribution in [3.63, 3.8) is 0 Å². The monoisotopic (exact) mass is 364 g/mol. The van der Waals surface area contributed by atoms with Crippen LogP contribution in [0.15, 0.2) is 42.5 Å². The molecule has 2 aromatic rings. The Bertz CT molecular complexity index is 786. The van der Waals surface area contributed by atoms with Gasteiger partial charge < -0.3 is 19.5 Å². The van der Waals surface area contributed by atoms with Crippen LogP contribution in [-0.2, 0) is 11.3 Å². The summed E-state index contributed by atoms with van der Waals surface area (Å²) in [5.41, 5.74) is 1.17. The van der Waals surface area contributed by atoms with Gasteiger partial charge in [0.1, 0.15) is 5.75 Å². The van der Waals surface area contributed by atoms with Crippen molar-refractivity contribution in [1.82, 2.24) is 4.90 Å². The summed E-state index contributed by atoms with van der Waals surface area (Å²) < 4.78 is 39.8. The lowest BCUT2D eigenvalue weighted by Crippen LogP contribution is -2.30. The van der Waals surface area contributed by atoms with E-state index in [1.165, 1.54) is 12.1 Å². The van der Waals surface area contributed by atoms with Crippen molar-refractivity contribution in [2.75, 3.05) is 25.7 Å². The maximum absolute atomic E-state index is 12.4. The highest BCUT2D eigenvalue weighted by atomic mass is 19.3. The minimum Gasteiger partial charge on any atom is -0.454 e. The van der Waals surface area contributed by atoms with Gasteiger partial charge in [-0.05, 0) is 36.9 Å². The van der Waals surface area contributed by atoms with E-state index in [1.807, 2.05) is 18.2 Å². The number of carbonyl (C=O) groups is 1. The van der Waals surface area contributed by atoms with Crippen LogP contribution in [0, 0.1) is 0 Å². The Morgan fingerprint density at radius 3 is 2.81 bits per heavy atom. The molecule has 8 heteroatoms. The molecule has 0 bridgehead atoms. The number of hydrogen-bond acceptors (Lipinski definition) is 5. The third-order valence-corrected chi connectivity index (χ3v) is 3.68. The van der Waals surface area contributed by atoms with E-state index >= 15 is 0 Å². The Hall–Kier alpha value is -2.87. The fraction of sp³-hybridized carbons (Fsp3) is 0.278. The fourth-order valence-corrected chi connectivity index (χ4v) is 2.61. The van der Waals surface area contributed by atoms with Crippen LogP contribution in [0.1, 0.15) is 5.56 Å². The van der Waals surface area contributed by atoms with Crippen molar-refractivity contribution in [2.45, 2.75) is 13.2 Å². The van der Waals surface area contributed by atoms with E-state index in [4.69, 9.17) is 9.47 Å². The predicted octanol–water partition coefficient (Wildman–Crippen LogP) is 3.09. The number of nitrogens with zero attached hydrogens (tertiary/aromatic N) is 1. The molecule has 1 aliphatic heterocycles. The van der Waals surface area contributed by atoms with E-state index in [-0.39, 0.29) is 30.7 Å². The van der Waals surface area contributed by atoms with Crippen molar-refractivity contribution in [3.05, 3.63) is 48.0 Å². The van der Waals surface area contributed by atoms with Crippen LogP contribution in [-0.4, -0.2) is 37.8 Å². The molecule has 0 saturated carbocycles. The van der Waals surface area contributed by atoms with Crippen molar-refractivity contribution < 1.29 is 27.8 Å². The number of para-hydroxylation sites is 2. The van der Waals surface area contributed by atoms with Crippen LogP contribution >= 0.6 is 0 Å². The lowest BCUT2D eigenvalue weighted by molar-refractivity contribution is -0.117. The molecular weight excluding hydrogens is 346 g/mol. The second-order valence-corrected chi connectivity index (χ2v) is 5.78. The summed E-state index contributed by atoms with van der Waals surface area (Å²) in [6.07, 6.45) is 0. The third kappa shape index (κ3) is 4.60. The first kappa shape index (κ1) is 17.9. The van der Waals surface area contributed by atoms with Gasteiger partial charge in [-0.15, -0.1) is 0 Å². The minimum absolute atomic E-state index is 0.0747. The number of likely N-dealkylation sites (N-methyl/N-ethyl adjacent to an activating group) is 1. The highest BCUT2D eigenvalue weighted by Gasteiger charge is 2.16. The number of alkyl halides is 2. The van der Waals surface area contributed by atoms with Gasteiger partial charge in [-0.2, -0.15) is 8.78 Å². The topological polar surface area (TPSA) is 60.0 Å². The number of hydrogen-bond donors (Lipinski definition) is 1. The zero-order valence-electron chi connectivity index (χ0n) is 14.1. The SMILES string of the molecule is CN(CC(=O)Nc1ccccc1OC(F)F)Cc1ccc2c(c1)OCO2. The first-order valence-electron chi connectivity index (χ1n) is 7.92.